The van der Waals surface area contributed by atoms with E-state index in [0.29, 0.717) is 0 Å². The number of rotatable bonds is 9. The quantitative estimate of drug-likeness (QED) is 0.337. The van der Waals surface area contributed by atoms with Crippen LogP contribution < -0.4 is 4.90 Å². The normalized spacial score (nSPS) is 10.5. The van der Waals surface area contributed by atoms with Crippen LogP contribution in [0.2, 0.25) is 0 Å². The van der Waals surface area contributed by atoms with E-state index < -0.39 is 0 Å². The first-order valence-electron chi connectivity index (χ1n) is 11.9. The van der Waals surface area contributed by atoms with Crippen molar-refractivity contribution in [2.75, 3.05) is 24.5 Å². The minimum Gasteiger partial charge on any atom is -0.300 e. The molecule has 0 saturated carbocycles. The fourth-order valence-electron chi connectivity index (χ4n) is 3.33. The number of amides is 1. The van der Waals surface area contributed by atoms with Crippen molar-refractivity contribution in [2.45, 2.75) is 53.4 Å². The minimum absolute atomic E-state index is 0.110. The van der Waals surface area contributed by atoms with Gasteiger partial charge in [-0.15, -0.1) is 0 Å². The molecule has 34 heavy (non-hydrogen) atoms. The molecule has 0 aliphatic heterocycles. The molecule has 0 bridgehead atoms. The average Bonchev–Trinajstić information content (AvgIpc) is 2.83. The van der Waals surface area contributed by atoms with Gasteiger partial charge < -0.3 is 0 Å². The molecular weight excluding hydrogens is 436 g/mol. The molecule has 0 saturated heterocycles. The molecule has 1 aromatic heterocycles. The highest BCUT2D eigenvalue weighted by Gasteiger charge is 2.22. The van der Waals surface area contributed by atoms with E-state index in [1.54, 1.807) is 22.7 Å². The molecular formula is C30H44N2OS. The molecule has 1 amide bonds. The Labute approximate surface area is 212 Å². The largest absolute Gasteiger partial charge is 0.300 e. The van der Waals surface area contributed by atoms with Gasteiger partial charge in [0.1, 0.15) is 5.82 Å². The maximum absolute atomic E-state index is 12.6. The molecule has 0 radical (unpaired) electrons. The van der Waals surface area contributed by atoms with E-state index in [9.17, 15) is 4.79 Å². The number of allylic oxidation sites excluding steroid dienone is 5. The Kier molecular flexibility index (Phi) is 16.5. The Balaban J connectivity index is 0.000000704. The van der Waals surface area contributed by atoms with Crippen LogP contribution in [0, 0.1) is 5.92 Å². The van der Waals surface area contributed by atoms with E-state index in [-0.39, 0.29) is 11.8 Å². The van der Waals surface area contributed by atoms with Crippen LogP contribution in [-0.2, 0) is 4.79 Å². The molecule has 0 spiro atoms. The Hall–Kier alpha value is -2.59. The van der Waals surface area contributed by atoms with Gasteiger partial charge in [-0.3, -0.25) is 9.69 Å². The van der Waals surface area contributed by atoms with Crippen LogP contribution in [0.15, 0.2) is 85.0 Å². The number of carbonyl (C=O) groups is 1. The fourth-order valence-corrected chi connectivity index (χ4v) is 3.33. The SMILES string of the molecule is C=C/C=C(/C)C(=C)C(=C)C.CCCC(CCC)C(=O)N(C)c1ccc2ccccc2n1.CSC. The molecule has 2 aromatic rings. The lowest BCUT2D eigenvalue weighted by atomic mass is 9.97. The molecule has 2 rings (SSSR count). The molecule has 1 aromatic carbocycles. The van der Waals surface area contributed by atoms with Gasteiger partial charge in [0.15, 0.2) is 0 Å². The maximum Gasteiger partial charge on any atom is 0.230 e. The van der Waals surface area contributed by atoms with Gasteiger partial charge in [0, 0.05) is 18.4 Å². The second-order valence-electron chi connectivity index (χ2n) is 8.29. The molecule has 1 heterocycles. The molecule has 0 aliphatic rings. The van der Waals surface area contributed by atoms with Gasteiger partial charge in [-0.25, -0.2) is 4.98 Å². The summed E-state index contributed by atoms with van der Waals surface area (Å²) in [5.41, 5.74) is 4.06. The van der Waals surface area contributed by atoms with Gasteiger partial charge in [0.05, 0.1) is 5.52 Å². The lowest BCUT2D eigenvalue weighted by Crippen LogP contribution is -2.33. The van der Waals surface area contributed by atoms with Crippen molar-refractivity contribution in [1.29, 1.82) is 0 Å². The van der Waals surface area contributed by atoms with Crippen LogP contribution in [0.4, 0.5) is 5.82 Å². The standard InChI is InChI=1S/C18H24N2O.C10H14.C2H6S/c1-4-8-15(9-5-2)18(21)20(3)17-13-12-14-10-6-7-11-16(14)19-17;1-6-7-9(4)10(5)8(2)3;1-3-2/h6-7,10-13,15H,4-5,8-9H2,1-3H3;6-7H,1-2,5H2,3-4H3;1-2H3/b;9-7-;. The monoisotopic (exact) mass is 480 g/mol. The molecule has 0 fully saturated rings. The number of carbonyl (C=O) groups excluding carboxylic acids is 1. The smallest absolute Gasteiger partial charge is 0.230 e. The summed E-state index contributed by atoms with van der Waals surface area (Å²) in [5, 5.41) is 1.10. The summed E-state index contributed by atoms with van der Waals surface area (Å²) in [5.74, 6) is 1.02. The number of hydrogen-bond acceptors (Lipinski definition) is 3. The summed E-state index contributed by atoms with van der Waals surface area (Å²) in [7, 11) is 1.83. The number of hydrogen-bond donors (Lipinski definition) is 0. The summed E-state index contributed by atoms with van der Waals surface area (Å²) in [4.78, 5) is 19.0. The zero-order valence-electron chi connectivity index (χ0n) is 22.4. The van der Waals surface area contributed by atoms with E-state index in [4.69, 9.17) is 0 Å². The molecule has 3 nitrogen and oxygen atoms in total. The van der Waals surface area contributed by atoms with Gasteiger partial charge in [-0.2, -0.15) is 11.8 Å². The first-order valence-corrected chi connectivity index (χ1v) is 13.5. The Bertz CT molecular complexity index is 955. The second-order valence-corrected chi connectivity index (χ2v) is 9.10. The maximum atomic E-state index is 12.6. The van der Waals surface area contributed by atoms with E-state index in [1.165, 1.54) is 0 Å². The van der Waals surface area contributed by atoms with Crippen LogP contribution >= 0.6 is 11.8 Å². The minimum atomic E-state index is 0.110. The number of fused-ring (bicyclic) bond motifs is 1. The lowest BCUT2D eigenvalue weighted by Gasteiger charge is -2.23. The zero-order valence-corrected chi connectivity index (χ0v) is 23.2. The van der Waals surface area contributed by atoms with Gasteiger partial charge >= 0.3 is 0 Å². The van der Waals surface area contributed by atoms with Gasteiger partial charge in [0.2, 0.25) is 5.91 Å². The molecule has 0 atom stereocenters. The third-order valence-corrected chi connectivity index (χ3v) is 5.24. The highest BCUT2D eigenvalue weighted by molar-refractivity contribution is 7.97. The number of benzene rings is 1. The van der Waals surface area contributed by atoms with E-state index in [2.05, 4.69) is 38.6 Å². The highest BCUT2D eigenvalue weighted by Crippen LogP contribution is 2.22. The van der Waals surface area contributed by atoms with Gasteiger partial charge in [-0.05, 0) is 68.5 Å². The van der Waals surface area contributed by atoms with Crippen molar-refractivity contribution in [3.05, 3.63) is 85.0 Å². The number of aromatic nitrogens is 1. The number of thioether (sulfide) groups is 1. The summed E-state index contributed by atoms with van der Waals surface area (Å²) in [6.45, 7) is 19.4. The summed E-state index contributed by atoms with van der Waals surface area (Å²) in [6.07, 6.45) is 11.7. The predicted molar refractivity (Wildman–Crippen MR) is 156 cm³/mol. The third kappa shape index (κ3) is 11.0. The van der Waals surface area contributed by atoms with Crippen LogP contribution in [0.25, 0.3) is 10.9 Å². The Morgan fingerprint density at radius 1 is 1.06 bits per heavy atom. The van der Waals surface area contributed by atoms with Crippen LogP contribution in [0.5, 0.6) is 0 Å². The molecule has 0 aliphatic carbocycles. The number of pyridine rings is 1. The van der Waals surface area contributed by atoms with E-state index >= 15 is 0 Å². The van der Waals surface area contributed by atoms with Gasteiger partial charge in [0.25, 0.3) is 0 Å². The fraction of sp³-hybridized carbons (Fsp3) is 0.400. The first-order chi connectivity index (χ1) is 16.2. The van der Waals surface area contributed by atoms with Crippen molar-refractivity contribution in [1.82, 2.24) is 4.98 Å². The van der Waals surface area contributed by atoms with E-state index in [1.807, 2.05) is 75.9 Å². The highest BCUT2D eigenvalue weighted by atomic mass is 32.2. The third-order valence-electron chi connectivity index (χ3n) is 5.24. The van der Waals surface area contributed by atoms with Crippen molar-refractivity contribution in [3.63, 3.8) is 0 Å². The molecule has 0 unspecified atom stereocenters. The lowest BCUT2D eigenvalue weighted by molar-refractivity contribution is -0.122. The predicted octanol–water partition coefficient (Wildman–Crippen LogP) is 8.64. The first kappa shape index (κ1) is 31.4. The summed E-state index contributed by atoms with van der Waals surface area (Å²) >= 11 is 1.75. The van der Waals surface area contributed by atoms with Gasteiger partial charge in [-0.1, -0.05) is 82.4 Å². The summed E-state index contributed by atoms with van der Waals surface area (Å²) in [6, 6.07) is 11.9. The second kappa shape index (κ2) is 17.8. The van der Waals surface area contributed by atoms with Crippen LogP contribution in [-0.4, -0.2) is 30.5 Å². The van der Waals surface area contributed by atoms with Crippen LogP contribution in [0.1, 0.15) is 53.4 Å². The van der Waals surface area contributed by atoms with Crippen LogP contribution in [0.3, 0.4) is 0 Å². The summed E-state index contributed by atoms with van der Waals surface area (Å²) < 4.78 is 0. The van der Waals surface area contributed by atoms with Crippen molar-refractivity contribution in [2.24, 2.45) is 5.92 Å². The van der Waals surface area contributed by atoms with E-state index in [0.717, 1.165) is 59.1 Å². The van der Waals surface area contributed by atoms with Crippen molar-refractivity contribution >= 4 is 34.4 Å². The molecule has 0 N–H and O–H groups in total. The number of anilines is 1. The topological polar surface area (TPSA) is 33.2 Å². The number of nitrogens with zero attached hydrogens (tertiary/aromatic N) is 2. The zero-order chi connectivity index (χ0) is 26.1. The Morgan fingerprint density at radius 2 is 1.62 bits per heavy atom. The Morgan fingerprint density at radius 3 is 2.12 bits per heavy atom. The number of para-hydroxylation sites is 1. The molecule has 4 heteroatoms. The van der Waals surface area contributed by atoms with Crippen molar-refractivity contribution in [3.8, 4) is 0 Å². The average molecular weight is 481 g/mol. The van der Waals surface area contributed by atoms with Crippen molar-refractivity contribution < 1.29 is 4.79 Å². The molecule has 186 valence electrons.